The molecule has 2 aliphatic carbocycles. The van der Waals surface area contributed by atoms with Crippen molar-refractivity contribution in [1.29, 1.82) is 0 Å². The molecule has 0 unspecified atom stereocenters. The van der Waals surface area contributed by atoms with Crippen molar-refractivity contribution in [2.45, 2.75) is 245 Å². The highest BCUT2D eigenvalue weighted by molar-refractivity contribution is 6.11. The van der Waals surface area contributed by atoms with Crippen LogP contribution in [-0.4, -0.2) is 60.6 Å². The van der Waals surface area contributed by atoms with Gasteiger partial charge in [-0.3, -0.25) is 0 Å². The number of aryl methyl sites for hydroxylation is 8. The molecule has 0 radical (unpaired) electrons. The summed E-state index contributed by atoms with van der Waals surface area (Å²) in [6.45, 7) is 32.3. The largest absolute Gasteiger partial charge is 0.436 e. The summed E-state index contributed by atoms with van der Waals surface area (Å²) in [4.78, 5) is 19.6. The molecule has 14 aromatic rings. The first-order valence-corrected chi connectivity index (χ1v) is 42.0. The number of aromatic nitrogens is 7. The smallest absolute Gasteiger partial charge is 0.238 e. The summed E-state index contributed by atoms with van der Waals surface area (Å²) in [7, 11) is 4.13. The third kappa shape index (κ3) is 17.3. The van der Waals surface area contributed by atoms with Crippen LogP contribution in [0.4, 0.5) is 17.1 Å². The summed E-state index contributed by atoms with van der Waals surface area (Å²) in [5.74, 6) is 0. The van der Waals surface area contributed by atoms with Gasteiger partial charge in [0.2, 0.25) is 22.8 Å². The molecule has 115 heavy (non-hydrogen) atoms. The number of fused-ring (bicyclic) bond motifs is 9. The van der Waals surface area contributed by atoms with E-state index in [1.807, 2.05) is 130 Å². The van der Waals surface area contributed by atoms with Crippen molar-refractivity contribution in [3.8, 4) is 22.6 Å². The Balaban J connectivity index is 0.000000145. The molecule has 0 bridgehead atoms. The molecular weight excluding hydrogens is 1410 g/mol. The first-order valence-electron chi connectivity index (χ1n) is 48.0. The lowest BCUT2D eigenvalue weighted by Crippen LogP contribution is -2.39. The van der Waals surface area contributed by atoms with Crippen LogP contribution in [0.15, 0.2) is 202 Å². The number of para-hydroxylation sites is 2. The number of rotatable bonds is 6. The zero-order valence-electron chi connectivity index (χ0n) is 84.3. The highest BCUT2D eigenvalue weighted by Gasteiger charge is 2.51. The lowest BCUT2D eigenvalue weighted by atomic mass is 9.71. The average Bonchev–Trinajstić information content (AvgIpc) is 1.50. The van der Waals surface area contributed by atoms with E-state index in [0.29, 0.717) is 28.4 Å². The number of pyridine rings is 3. The van der Waals surface area contributed by atoms with Crippen LogP contribution in [0.5, 0.6) is 0 Å². The summed E-state index contributed by atoms with van der Waals surface area (Å²) >= 11 is 0. The Morgan fingerprint density at radius 2 is 0.800 bits per heavy atom. The number of anilines is 3. The van der Waals surface area contributed by atoms with E-state index in [1.54, 1.807) is 24.9 Å². The highest BCUT2D eigenvalue weighted by atomic mass is 16.3. The normalized spacial score (nSPS) is 20.2. The number of hydrogen-bond donors (Lipinski definition) is 0. The summed E-state index contributed by atoms with van der Waals surface area (Å²) in [6.07, 6.45) is 13.7. The molecule has 5 fully saturated rings. The number of benzene rings is 6. The van der Waals surface area contributed by atoms with Gasteiger partial charge in [0.1, 0.15) is 11.4 Å². The van der Waals surface area contributed by atoms with E-state index >= 15 is 0 Å². The van der Waals surface area contributed by atoms with Crippen LogP contribution in [0, 0.1) is 64.7 Å². The molecule has 3 saturated heterocycles. The van der Waals surface area contributed by atoms with Crippen molar-refractivity contribution in [3.05, 3.63) is 228 Å². The summed E-state index contributed by atoms with van der Waals surface area (Å²) < 4.78 is 130. The maximum Gasteiger partial charge on any atom is 0.238 e. The van der Waals surface area contributed by atoms with Gasteiger partial charge in [-0.15, -0.1) is 18.7 Å². The molecule has 2 saturated carbocycles. The average molecular weight is 1560 g/mol. The van der Waals surface area contributed by atoms with E-state index in [0.717, 1.165) is 147 Å². The van der Waals surface area contributed by atoms with E-state index in [1.165, 1.54) is 46.6 Å². The van der Waals surface area contributed by atoms with Crippen LogP contribution in [0.1, 0.15) is 236 Å². The summed E-state index contributed by atoms with van der Waals surface area (Å²) in [5, 5.41) is 5.71. The molecule has 0 N–H and O–H groups in total. The van der Waals surface area contributed by atoms with Crippen LogP contribution < -0.4 is 24.1 Å². The summed E-state index contributed by atoms with van der Waals surface area (Å²) in [6, 6.07) is 55.5. The lowest BCUT2D eigenvalue weighted by molar-refractivity contribution is -0.744. The highest BCUT2D eigenvalue weighted by Crippen LogP contribution is 2.56. The molecule has 0 atom stereocenters. The van der Waals surface area contributed by atoms with Gasteiger partial charge in [0.25, 0.3) is 0 Å². The second-order valence-corrected chi connectivity index (χ2v) is 32.9. The molecule has 13 nitrogen and oxygen atoms in total. The Labute approximate surface area is 703 Å². The number of hydrogen-bond acceptors (Lipinski definition) is 9. The maximum absolute atomic E-state index is 9.21. The fraction of sp³-hybridized carbons (Fsp3) is 0.441. The minimum Gasteiger partial charge on any atom is -0.436 e. The van der Waals surface area contributed by atoms with E-state index in [2.05, 4.69) is 228 Å². The van der Waals surface area contributed by atoms with Crippen LogP contribution >= 0.6 is 0 Å². The third-order valence-corrected chi connectivity index (χ3v) is 23.4. The minimum absolute atomic E-state index is 0.284. The second-order valence-electron chi connectivity index (χ2n) is 32.9. The van der Waals surface area contributed by atoms with Crippen LogP contribution in [-0.2, 0) is 14.1 Å². The molecule has 0 amide bonds. The fourth-order valence-corrected chi connectivity index (χ4v) is 18.1. The summed E-state index contributed by atoms with van der Waals surface area (Å²) in [5.41, 5.74) is 12.7. The Hall–Kier alpha value is -10.0. The Kier molecular flexibility index (Phi) is 21.0. The third-order valence-electron chi connectivity index (χ3n) is 23.4. The first-order chi connectivity index (χ1) is 60.0. The van der Waals surface area contributed by atoms with E-state index in [-0.39, 0.29) is 10.8 Å². The molecular formula is C102H132N10O3+2. The Morgan fingerprint density at radius 3 is 1.23 bits per heavy atom. The van der Waals surface area contributed by atoms with Gasteiger partial charge >= 0.3 is 0 Å². The van der Waals surface area contributed by atoms with Gasteiger partial charge in [-0.2, -0.15) is 0 Å². The van der Waals surface area contributed by atoms with Crippen molar-refractivity contribution < 1.29 is 39.1 Å². The Bertz CT molecular complexity index is 6200. The zero-order valence-corrected chi connectivity index (χ0v) is 72.3. The molecule has 5 aliphatic rings. The van der Waals surface area contributed by atoms with Crippen molar-refractivity contribution >= 4 is 83.3 Å². The monoisotopic (exact) mass is 1560 g/mol. The predicted molar refractivity (Wildman–Crippen MR) is 484 cm³/mol. The van der Waals surface area contributed by atoms with Gasteiger partial charge in [0.15, 0.2) is 37.0 Å². The van der Waals surface area contributed by atoms with Crippen molar-refractivity contribution in [2.75, 3.05) is 34.3 Å². The maximum atomic E-state index is 9.21. The zero-order chi connectivity index (χ0) is 92.9. The Morgan fingerprint density at radius 1 is 0.391 bits per heavy atom. The van der Waals surface area contributed by atoms with Crippen LogP contribution in [0.2, 0.25) is 0 Å². The van der Waals surface area contributed by atoms with Gasteiger partial charge in [-0.1, -0.05) is 185 Å². The van der Waals surface area contributed by atoms with Gasteiger partial charge in [0.05, 0.1) is 29.5 Å². The fourth-order valence-electron chi connectivity index (χ4n) is 18.1. The van der Waals surface area contributed by atoms with Crippen molar-refractivity contribution in [1.82, 2.24) is 24.3 Å². The van der Waals surface area contributed by atoms with Gasteiger partial charge < -0.3 is 28.0 Å². The van der Waals surface area contributed by atoms with Crippen molar-refractivity contribution in [3.63, 3.8) is 0 Å². The minimum atomic E-state index is -3.07. The molecule has 13 heteroatoms. The molecule has 11 heterocycles. The quantitative estimate of drug-likeness (QED) is 0.151. The topological polar surface area (TPSA) is 105 Å². The lowest BCUT2D eigenvalue weighted by Gasteiger charge is -2.34. The molecule has 19 rings (SSSR count). The predicted octanol–water partition coefficient (Wildman–Crippen LogP) is 26.3. The number of furan rings is 3. The van der Waals surface area contributed by atoms with E-state index in [4.69, 9.17) is 24.2 Å². The van der Waals surface area contributed by atoms with Crippen LogP contribution in [0.25, 0.3) is 88.8 Å². The molecule has 8 aromatic heterocycles. The molecule has 2 spiro atoms. The van der Waals surface area contributed by atoms with E-state index in [9.17, 15) is 5.48 Å². The van der Waals surface area contributed by atoms with Crippen molar-refractivity contribution in [2.24, 2.45) is 30.3 Å². The van der Waals surface area contributed by atoms with E-state index < -0.39 is 61.4 Å². The first kappa shape index (κ1) is 69.3. The second kappa shape index (κ2) is 34.8. The molecule has 6 aromatic carbocycles. The standard InChI is InChI=1S/C24H30N2O.C23H28N2O.C21H26N2O.C17H17N2.C11H13N2.3C2H6/c1-16-8-10-18-19-11-9-17(2)25-22(19)27-21(18)20(16)26-15-24(14-23(26,3)4)12-6-5-7-13-24;1-16-9-10-17-18-8-7-13-24-21(18)26-20(17)19(16)25-15-23(14-22(25,2)3)11-5-4-6-12-23;1-13-7-9-15-16-10-8-14(2)22-19(16)24-18(15)17(13)23-12-20(3,4)11-21(23,5)6;1-14-8-6-7-11-16(14)19-13-12-17(18(19)2)15-9-4-3-5-10-15;1-10-6-3-4-7-11(10)13-9-5-8-12(13)2;3*1-2/h8-11H,5-7,12-15H2,1-4H3;7-10,13H,4-6,11-12,14-15H2,1-3H3;7-10H,11-12H2,1-6H3;3-13H,1-2H3;3-9H,1-2H3;3*1-2H3/q;;;2*+1;;;/i2*14D2;3D3,4D3,11D2;;;;;. The SMILES string of the molecule is CC.CC.CC.Cc1ccccc1-n1ccc(-c2ccccc2)[n+]1C.Cc1ccccc1-n1ccc[n+]1C.[2H]C([2H])([2H])C1(C([2H])([2H])[2H])CN(c2c(C)ccc3c2oc2nc(C)ccc23)C(C)(C)C1([2H])[2H].[2H]C1([2H])C2(CCCCC2)CN(c2c(C)ccc3c2oc2nc(C)ccc23)C1(C)C.[2H]C1([2H])C2(CCCCC2)CN(c2c(C)ccc3c2oc2ncccc23)C1(C)C. The van der Waals surface area contributed by atoms with Gasteiger partial charge in [-0.25, -0.2) is 15.0 Å². The van der Waals surface area contributed by atoms with Crippen LogP contribution in [0.3, 0.4) is 0 Å². The molecule has 3 aliphatic heterocycles. The van der Waals surface area contributed by atoms with Gasteiger partial charge in [-0.05, 0) is 240 Å². The molecule has 606 valence electrons. The number of nitrogens with zero attached hydrogens (tertiary/aromatic N) is 10. The van der Waals surface area contributed by atoms with Gasteiger partial charge in [0, 0.05) is 120 Å².